The zero-order valence-corrected chi connectivity index (χ0v) is 14.1. The van der Waals surface area contributed by atoms with Gasteiger partial charge in [-0.15, -0.1) is 0 Å². The fraction of sp³-hybridized carbons (Fsp3) is 0.625. The molecule has 2 N–H and O–H groups in total. The van der Waals surface area contributed by atoms with E-state index in [9.17, 15) is 4.79 Å². The van der Waals surface area contributed by atoms with Crippen LogP contribution in [-0.4, -0.2) is 48.5 Å². The Morgan fingerprint density at radius 3 is 2.36 bits per heavy atom. The smallest absolute Gasteiger partial charge is 0.230 e. The molecule has 0 aliphatic carbocycles. The van der Waals surface area contributed by atoms with Crippen LogP contribution in [0.5, 0.6) is 0 Å². The molecule has 2 rings (SSSR count). The maximum Gasteiger partial charge on any atom is 0.230 e. The zero-order valence-electron chi connectivity index (χ0n) is 13.4. The number of aromatic nitrogens is 1. The second-order valence-corrected chi connectivity index (χ2v) is 6.24. The van der Waals surface area contributed by atoms with Gasteiger partial charge in [0.15, 0.2) is 0 Å². The summed E-state index contributed by atoms with van der Waals surface area (Å²) >= 11 is 5.87. The van der Waals surface area contributed by atoms with Crippen molar-refractivity contribution < 1.29 is 4.79 Å². The van der Waals surface area contributed by atoms with Gasteiger partial charge in [0, 0.05) is 38.9 Å². The highest BCUT2D eigenvalue weighted by molar-refractivity contribution is 6.30. The third-order valence-corrected chi connectivity index (χ3v) is 5.02. The largest absolute Gasteiger partial charge is 0.353 e. The Balaban J connectivity index is 1.99. The standard InChI is InChI=1S/C16H25ClN4O/c1-3-16(4-2,12-18)15(22)21-9-7-20(8-10-21)14-6-5-13(17)11-19-14/h5-6,11H,3-4,7-10,12,18H2,1-2H3. The van der Waals surface area contributed by atoms with Gasteiger partial charge in [-0.05, 0) is 25.0 Å². The summed E-state index contributed by atoms with van der Waals surface area (Å²) in [6, 6.07) is 3.76. The van der Waals surface area contributed by atoms with E-state index in [0.717, 1.165) is 31.7 Å². The molecule has 1 aromatic rings. The summed E-state index contributed by atoms with van der Waals surface area (Å²) < 4.78 is 0. The normalized spacial score (nSPS) is 16.0. The van der Waals surface area contributed by atoms with Crippen molar-refractivity contribution in [3.8, 4) is 0 Å². The molecule has 1 fully saturated rings. The highest BCUT2D eigenvalue weighted by Crippen LogP contribution is 2.28. The number of hydrogen-bond donors (Lipinski definition) is 1. The molecule has 6 heteroatoms. The highest BCUT2D eigenvalue weighted by atomic mass is 35.5. The summed E-state index contributed by atoms with van der Waals surface area (Å²) in [6.07, 6.45) is 3.23. The molecule has 0 atom stereocenters. The lowest BCUT2D eigenvalue weighted by molar-refractivity contribution is -0.142. The average molecular weight is 325 g/mol. The second-order valence-electron chi connectivity index (χ2n) is 5.81. The van der Waals surface area contributed by atoms with Gasteiger partial charge >= 0.3 is 0 Å². The Morgan fingerprint density at radius 1 is 1.27 bits per heavy atom. The molecule has 1 aromatic heterocycles. The van der Waals surface area contributed by atoms with Gasteiger partial charge in [0.05, 0.1) is 10.4 Å². The fourth-order valence-corrected chi connectivity index (χ4v) is 3.07. The number of carbonyl (C=O) groups excluding carboxylic acids is 1. The summed E-state index contributed by atoms with van der Waals surface area (Å²) in [5.41, 5.74) is 5.49. The number of rotatable bonds is 5. The minimum absolute atomic E-state index is 0.198. The summed E-state index contributed by atoms with van der Waals surface area (Å²) in [5.74, 6) is 1.11. The van der Waals surface area contributed by atoms with Crippen LogP contribution in [0, 0.1) is 5.41 Å². The van der Waals surface area contributed by atoms with Crippen molar-refractivity contribution in [3.05, 3.63) is 23.4 Å². The zero-order chi connectivity index (χ0) is 16.2. The Kier molecular flexibility index (Phi) is 5.64. The van der Waals surface area contributed by atoms with E-state index in [1.807, 2.05) is 30.9 Å². The first-order valence-corrected chi connectivity index (χ1v) is 8.30. The molecular formula is C16H25ClN4O. The van der Waals surface area contributed by atoms with Crippen molar-refractivity contribution in [1.82, 2.24) is 9.88 Å². The third-order valence-electron chi connectivity index (χ3n) is 4.80. The van der Waals surface area contributed by atoms with Crippen LogP contribution in [0.15, 0.2) is 18.3 Å². The molecule has 0 unspecified atom stereocenters. The van der Waals surface area contributed by atoms with E-state index >= 15 is 0 Å². The van der Waals surface area contributed by atoms with Crippen LogP contribution in [0.4, 0.5) is 5.82 Å². The maximum absolute atomic E-state index is 12.8. The van der Waals surface area contributed by atoms with Crippen LogP contribution in [0.25, 0.3) is 0 Å². The van der Waals surface area contributed by atoms with Crippen molar-refractivity contribution in [2.75, 3.05) is 37.6 Å². The molecule has 1 aliphatic rings. The van der Waals surface area contributed by atoms with E-state index in [-0.39, 0.29) is 5.91 Å². The lowest BCUT2D eigenvalue weighted by Gasteiger charge is -2.40. The quantitative estimate of drug-likeness (QED) is 0.901. The topological polar surface area (TPSA) is 62.5 Å². The maximum atomic E-state index is 12.8. The SMILES string of the molecule is CCC(CC)(CN)C(=O)N1CCN(c2ccc(Cl)cn2)CC1. The molecule has 1 aliphatic heterocycles. The number of carbonyl (C=O) groups is 1. The number of nitrogens with zero attached hydrogens (tertiary/aromatic N) is 3. The van der Waals surface area contributed by atoms with E-state index in [1.165, 1.54) is 0 Å². The van der Waals surface area contributed by atoms with Crippen molar-refractivity contribution in [2.45, 2.75) is 26.7 Å². The molecule has 0 bridgehead atoms. The third kappa shape index (κ3) is 3.36. The van der Waals surface area contributed by atoms with Gasteiger partial charge in [-0.2, -0.15) is 0 Å². The predicted octanol–water partition coefficient (Wildman–Crippen LogP) is 2.15. The van der Waals surface area contributed by atoms with Crippen molar-refractivity contribution in [3.63, 3.8) is 0 Å². The summed E-state index contributed by atoms with van der Waals surface area (Å²) in [5, 5.41) is 0.635. The minimum atomic E-state index is -0.402. The van der Waals surface area contributed by atoms with Gasteiger partial charge in [0.2, 0.25) is 5.91 Å². The van der Waals surface area contributed by atoms with E-state index in [1.54, 1.807) is 6.20 Å². The number of halogens is 1. The van der Waals surface area contributed by atoms with E-state index in [0.29, 0.717) is 24.7 Å². The van der Waals surface area contributed by atoms with Gasteiger partial charge in [0.25, 0.3) is 0 Å². The molecule has 122 valence electrons. The Bertz CT molecular complexity index is 485. The van der Waals surface area contributed by atoms with Crippen LogP contribution < -0.4 is 10.6 Å². The number of anilines is 1. The lowest BCUT2D eigenvalue weighted by atomic mass is 9.81. The van der Waals surface area contributed by atoms with Crippen LogP contribution in [0.1, 0.15) is 26.7 Å². The van der Waals surface area contributed by atoms with E-state index < -0.39 is 5.41 Å². The summed E-state index contributed by atoms with van der Waals surface area (Å²) in [6.45, 7) is 7.50. The number of piperazine rings is 1. The van der Waals surface area contributed by atoms with Gasteiger partial charge in [-0.25, -0.2) is 4.98 Å². The van der Waals surface area contributed by atoms with Crippen LogP contribution in [0.3, 0.4) is 0 Å². The summed E-state index contributed by atoms with van der Waals surface area (Å²) in [4.78, 5) is 21.3. The Hall–Kier alpha value is -1.33. The van der Waals surface area contributed by atoms with E-state index in [2.05, 4.69) is 9.88 Å². The molecule has 5 nitrogen and oxygen atoms in total. The number of nitrogens with two attached hydrogens (primary N) is 1. The first-order valence-electron chi connectivity index (χ1n) is 7.92. The molecule has 1 saturated heterocycles. The van der Waals surface area contributed by atoms with Crippen molar-refractivity contribution in [2.24, 2.45) is 11.1 Å². The predicted molar refractivity (Wildman–Crippen MR) is 90.1 cm³/mol. The van der Waals surface area contributed by atoms with Crippen LogP contribution >= 0.6 is 11.6 Å². The average Bonchev–Trinajstić information content (AvgIpc) is 2.58. The monoisotopic (exact) mass is 324 g/mol. The first-order chi connectivity index (χ1) is 10.6. The minimum Gasteiger partial charge on any atom is -0.353 e. The molecule has 22 heavy (non-hydrogen) atoms. The van der Waals surface area contributed by atoms with Crippen molar-refractivity contribution in [1.29, 1.82) is 0 Å². The summed E-state index contributed by atoms with van der Waals surface area (Å²) in [7, 11) is 0. The lowest BCUT2D eigenvalue weighted by Crippen LogP contribution is -2.55. The fourth-order valence-electron chi connectivity index (χ4n) is 2.96. The Morgan fingerprint density at radius 2 is 1.91 bits per heavy atom. The molecular weight excluding hydrogens is 300 g/mol. The Labute approximate surface area is 137 Å². The van der Waals surface area contributed by atoms with Crippen LogP contribution in [-0.2, 0) is 4.79 Å². The van der Waals surface area contributed by atoms with Gasteiger partial charge < -0.3 is 15.5 Å². The second kappa shape index (κ2) is 7.29. The molecule has 0 aromatic carbocycles. The number of hydrogen-bond acceptors (Lipinski definition) is 4. The van der Waals surface area contributed by atoms with Gasteiger partial charge in [0.1, 0.15) is 5.82 Å². The van der Waals surface area contributed by atoms with Gasteiger partial charge in [-0.1, -0.05) is 25.4 Å². The highest BCUT2D eigenvalue weighted by Gasteiger charge is 2.37. The molecule has 0 radical (unpaired) electrons. The molecule has 0 saturated carbocycles. The first kappa shape index (κ1) is 17.0. The van der Waals surface area contributed by atoms with E-state index in [4.69, 9.17) is 17.3 Å². The molecule has 0 spiro atoms. The van der Waals surface area contributed by atoms with Crippen LogP contribution in [0.2, 0.25) is 5.02 Å². The molecule has 1 amide bonds. The van der Waals surface area contributed by atoms with Gasteiger partial charge in [-0.3, -0.25) is 4.79 Å². The molecule has 2 heterocycles. The van der Waals surface area contributed by atoms with Crippen molar-refractivity contribution >= 4 is 23.3 Å². The number of pyridine rings is 1. The number of amides is 1.